The molecule has 2 atom stereocenters. The Kier molecular flexibility index (Phi) is 6.81. The third kappa shape index (κ3) is 5.57. The van der Waals surface area contributed by atoms with Gasteiger partial charge < -0.3 is 16.2 Å². The molecule has 0 radical (unpaired) electrons. The van der Waals surface area contributed by atoms with Crippen molar-refractivity contribution in [2.75, 3.05) is 4.90 Å². The molecule has 5 N–H and O–H groups in total. The Labute approximate surface area is 179 Å². The van der Waals surface area contributed by atoms with Crippen LogP contribution >= 0.6 is 0 Å². The zero-order valence-electron chi connectivity index (χ0n) is 16.8. The predicted molar refractivity (Wildman–Crippen MR) is 116 cm³/mol. The molecular weight excluding hydrogens is 396 g/mol. The molecule has 0 bridgehead atoms. The highest BCUT2D eigenvalue weighted by atomic mass is 16.4. The first-order chi connectivity index (χ1) is 14.8. The first-order valence-corrected chi connectivity index (χ1v) is 9.85. The van der Waals surface area contributed by atoms with Gasteiger partial charge in [-0.1, -0.05) is 36.4 Å². The number of nitrogens with two attached hydrogens (primary N) is 1. The molecule has 2 aromatic rings. The Morgan fingerprint density at radius 3 is 2.45 bits per heavy atom. The van der Waals surface area contributed by atoms with Crippen molar-refractivity contribution in [3.8, 4) is 0 Å². The summed E-state index contributed by atoms with van der Waals surface area (Å²) < 4.78 is 0. The second kappa shape index (κ2) is 9.71. The zero-order valence-corrected chi connectivity index (χ0v) is 16.8. The normalized spacial score (nSPS) is 16.6. The number of carboxylic acids is 1. The first kappa shape index (κ1) is 21.8. The topological polar surface area (TPSA) is 137 Å². The van der Waals surface area contributed by atoms with Gasteiger partial charge in [0.05, 0.1) is 18.4 Å². The lowest BCUT2D eigenvalue weighted by molar-refractivity contribution is -0.138. The third-order valence-corrected chi connectivity index (χ3v) is 5.07. The van der Waals surface area contributed by atoms with Crippen LogP contribution in [0.25, 0.3) is 0 Å². The van der Waals surface area contributed by atoms with E-state index in [0.29, 0.717) is 23.2 Å². The minimum absolute atomic E-state index is 0.0475. The monoisotopic (exact) mass is 420 g/mol. The molecule has 8 heteroatoms. The van der Waals surface area contributed by atoms with Gasteiger partial charge in [0, 0.05) is 23.9 Å². The van der Waals surface area contributed by atoms with Crippen LogP contribution in [0.1, 0.15) is 36.4 Å². The van der Waals surface area contributed by atoms with Crippen LogP contribution in [0.4, 0.5) is 5.69 Å². The summed E-state index contributed by atoms with van der Waals surface area (Å²) in [5.41, 5.74) is 7.33. The van der Waals surface area contributed by atoms with Crippen molar-refractivity contribution in [1.82, 2.24) is 5.32 Å². The summed E-state index contributed by atoms with van der Waals surface area (Å²) in [6.07, 6.45) is 3.61. The van der Waals surface area contributed by atoms with E-state index < -0.39 is 17.9 Å². The number of hydrogen-bond acceptors (Lipinski definition) is 4. The number of anilines is 1. The second-order valence-electron chi connectivity index (χ2n) is 7.32. The van der Waals surface area contributed by atoms with Crippen LogP contribution in [-0.4, -0.2) is 28.7 Å². The molecule has 160 valence electrons. The van der Waals surface area contributed by atoms with Crippen molar-refractivity contribution in [1.29, 1.82) is 5.41 Å². The maximum atomic E-state index is 12.9. The van der Waals surface area contributed by atoms with Gasteiger partial charge in [0.25, 0.3) is 0 Å². The molecule has 1 heterocycles. The van der Waals surface area contributed by atoms with Crippen molar-refractivity contribution >= 4 is 29.3 Å². The number of aliphatic carboxylic acids is 1. The average molecular weight is 420 g/mol. The van der Waals surface area contributed by atoms with E-state index in [1.807, 2.05) is 12.1 Å². The number of carboxylic acid groups (broad SMARTS) is 1. The third-order valence-electron chi connectivity index (χ3n) is 5.07. The number of nitrogens with one attached hydrogen (secondary N) is 2. The van der Waals surface area contributed by atoms with Crippen LogP contribution in [0.15, 0.2) is 66.9 Å². The molecule has 0 aliphatic carbocycles. The minimum Gasteiger partial charge on any atom is -0.481 e. The lowest BCUT2D eigenvalue weighted by Crippen LogP contribution is -2.39. The smallest absolute Gasteiger partial charge is 0.305 e. The van der Waals surface area contributed by atoms with Gasteiger partial charge in [0.1, 0.15) is 5.84 Å². The number of allylic oxidation sites excluding steroid dienone is 1. The van der Waals surface area contributed by atoms with E-state index in [1.54, 1.807) is 54.7 Å². The number of hydrogen-bond donors (Lipinski definition) is 4. The van der Waals surface area contributed by atoms with E-state index in [0.717, 1.165) is 0 Å². The molecule has 31 heavy (non-hydrogen) atoms. The van der Waals surface area contributed by atoms with Gasteiger partial charge in [0.15, 0.2) is 0 Å². The van der Waals surface area contributed by atoms with Gasteiger partial charge in [-0.2, -0.15) is 0 Å². The fourth-order valence-electron chi connectivity index (χ4n) is 3.48. The van der Waals surface area contributed by atoms with E-state index in [2.05, 4.69) is 5.32 Å². The summed E-state index contributed by atoms with van der Waals surface area (Å²) in [4.78, 5) is 38.3. The molecule has 0 fully saturated rings. The predicted octanol–water partition coefficient (Wildman–Crippen LogP) is 2.56. The second-order valence-corrected chi connectivity index (χ2v) is 7.32. The van der Waals surface area contributed by atoms with Gasteiger partial charge in [-0.25, -0.2) is 0 Å². The molecule has 2 aromatic carbocycles. The molecule has 1 aliphatic rings. The number of benzene rings is 2. The number of carbonyl (C=O) groups is 3. The summed E-state index contributed by atoms with van der Waals surface area (Å²) in [7, 11) is 0. The number of amides is 2. The highest BCUT2D eigenvalue weighted by Crippen LogP contribution is 2.26. The molecule has 0 spiro atoms. The molecule has 1 unspecified atom stereocenters. The molecule has 3 rings (SSSR count). The van der Waals surface area contributed by atoms with Gasteiger partial charge >= 0.3 is 5.97 Å². The Morgan fingerprint density at radius 1 is 1.16 bits per heavy atom. The van der Waals surface area contributed by atoms with E-state index >= 15 is 0 Å². The van der Waals surface area contributed by atoms with Gasteiger partial charge in [0.2, 0.25) is 11.8 Å². The van der Waals surface area contributed by atoms with Crippen LogP contribution in [0.5, 0.6) is 0 Å². The van der Waals surface area contributed by atoms with Crippen molar-refractivity contribution < 1.29 is 19.5 Å². The quantitative estimate of drug-likeness (QED) is 0.384. The van der Waals surface area contributed by atoms with Crippen LogP contribution < -0.4 is 16.0 Å². The lowest BCUT2D eigenvalue weighted by atomic mass is 9.95. The Hall–Kier alpha value is -3.94. The van der Waals surface area contributed by atoms with Crippen LogP contribution in [0.2, 0.25) is 0 Å². The highest BCUT2D eigenvalue weighted by Gasteiger charge is 2.29. The molecule has 2 amide bonds. The summed E-state index contributed by atoms with van der Waals surface area (Å²) in [5.74, 6) is -2.24. The number of rotatable bonds is 8. The van der Waals surface area contributed by atoms with E-state index in [9.17, 15) is 19.5 Å². The number of nitrogens with zero attached hydrogens (tertiary/aromatic N) is 1. The van der Waals surface area contributed by atoms with Crippen molar-refractivity contribution in [3.63, 3.8) is 0 Å². The fourth-order valence-corrected chi connectivity index (χ4v) is 3.48. The van der Waals surface area contributed by atoms with Crippen molar-refractivity contribution in [2.45, 2.75) is 25.3 Å². The molecule has 8 nitrogen and oxygen atoms in total. The molecule has 0 aromatic heterocycles. The maximum Gasteiger partial charge on any atom is 0.305 e. The Balaban J connectivity index is 1.68. The van der Waals surface area contributed by atoms with Gasteiger partial charge in [-0.05, 0) is 36.2 Å². The number of carbonyl (C=O) groups excluding carboxylic acids is 2. The number of nitrogen functional groups attached to an aromatic ring is 1. The Morgan fingerprint density at radius 2 is 1.84 bits per heavy atom. The maximum absolute atomic E-state index is 12.9. The SMILES string of the molecule is N=C(N)c1ccc(N2C=CCC(CC(=O)N[C@@H](CC(=O)O)c3ccccc3)C2=O)cc1. The molecular formula is C23H24N4O4. The highest BCUT2D eigenvalue weighted by molar-refractivity contribution is 6.00. The summed E-state index contributed by atoms with van der Waals surface area (Å²) in [5, 5.41) is 19.4. The summed E-state index contributed by atoms with van der Waals surface area (Å²) in [6, 6.07) is 14.9. The van der Waals surface area contributed by atoms with Crippen molar-refractivity contribution in [3.05, 3.63) is 78.0 Å². The van der Waals surface area contributed by atoms with E-state index in [4.69, 9.17) is 11.1 Å². The molecule has 1 aliphatic heterocycles. The molecule has 0 saturated carbocycles. The standard InChI is InChI=1S/C23H24N4O4/c24-22(25)16-8-10-18(11-9-16)27-12-4-7-17(23(27)31)13-20(28)26-19(14-21(29)30)15-5-2-1-3-6-15/h1-6,8-12,17,19H,7,13-14H2,(H3,24,25)(H,26,28)(H,29,30)/t17?,19-/m0/s1. The summed E-state index contributed by atoms with van der Waals surface area (Å²) >= 11 is 0. The minimum atomic E-state index is -1.02. The average Bonchev–Trinajstić information content (AvgIpc) is 2.75. The summed E-state index contributed by atoms with van der Waals surface area (Å²) in [6.45, 7) is 0. The number of amidine groups is 1. The first-order valence-electron chi connectivity index (χ1n) is 9.85. The van der Waals surface area contributed by atoms with Crippen LogP contribution in [-0.2, 0) is 14.4 Å². The van der Waals surface area contributed by atoms with Gasteiger partial charge in [-0.3, -0.25) is 24.7 Å². The molecule has 0 saturated heterocycles. The fraction of sp³-hybridized carbons (Fsp3) is 0.217. The largest absolute Gasteiger partial charge is 0.481 e. The van der Waals surface area contributed by atoms with Crippen molar-refractivity contribution in [2.24, 2.45) is 11.7 Å². The van der Waals surface area contributed by atoms with E-state index in [1.165, 1.54) is 4.90 Å². The van der Waals surface area contributed by atoms with E-state index in [-0.39, 0.29) is 30.5 Å². The van der Waals surface area contributed by atoms with Crippen LogP contribution in [0, 0.1) is 11.3 Å². The lowest BCUT2D eigenvalue weighted by Gasteiger charge is -2.28. The van der Waals surface area contributed by atoms with Crippen LogP contribution in [0.3, 0.4) is 0 Å². The van der Waals surface area contributed by atoms with Gasteiger partial charge in [-0.15, -0.1) is 0 Å². The Bertz CT molecular complexity index is 1000. The zero-order chi connectivity index (χ0) is 22.4.